The molecule has 1 saturated heterocycles. The Bertz CT molecular complexity index is 310. The molecular formula is C16H31N3. The minimum Gasteiger partial charge on any atom is -0.300 e. The fourth-order valence-corrected chi connectivity index (χ4v) is 3.34. The van der Waals surface area contributed by atoms with Gasteiger partial charge in [-0.3, -0.25) is 5.32 Å². The van der Waals surface area contributed by atoms with E-state index in [2.05, 4.69) is 44.0 Å². The van der Waals surface area contributed by atoms with Crippen molar-refractivity contribution >= 4 is 0 Å². The second kappa shape index (κ2) is 7.26. The van der Waals surface area contributed by atoms with Crippen molar-refractivity contribution in [3.63, 3.8) is 0 Å². The van der Waals surface area contributed by atoms with Crippen molar-refractivity contribution in [2.45, 2.75) is 65.5 Å². The number of nitrogens with zero attached hydrogens (tertiary/aromatic N) is 2. The van der Waals surface area contributed by atoms with Gasteiger partial charge in [0.15, 0.2) is 0 Å². The Balaban J connectivity index is 2.41. The van der Waals surface area contributed by atoms with Crippen LogP contribution in [0.2, 0.25) is 0 Å². The van der Waals surface area contributed by atoms with Gasteiger partial charge >= 0.3 is 0 Å². The van der Waals surface area contributed by atoms with E-state index in [-0.39, 0.29) is 5.54 Å². The van der Waals surface area contributed by atoms with E-state index in [0.29, 0.717) is 6.04 Å². The average Bonchev–Trinajstić information content (AvgIpc) is 2.35. The molecule has 4 atom stereocenters. The van der Waals surface area contributed by atoms with E-state index in [0.717, 1.165) is 37.8 Å². The van der Waals surface area contributed by atoms with Crippen LogP contribution in [0.4, 0.5) is 0 Å². The molecule has 0 amide bonds. The summed E-state index contributed by atoms with van der Waals surface area (Å²) in [4.78, 5) is 2.61. The van der Waals surface area contributed by atoms with Gasteiger partial charge in [0.2, 0.25) is 0 Å². The number of likely N-dealkylation sites (tertiary alicyclic amines) is 1. The SMILES string of the molecule is CCNC(C)(C#N)CCCN1CC(C)CC(C)C1C. The predicted octanol–water partition coefficient (Wildman–Crippen LogP) is 3.02. The van der Waals surface area contributed by atoms with Gasteiger partial charge in [-0.2, -0.15) is 5.26 Å². The number of rotatable bonds is 6. The largest absolute Gasteiger partial charge is 0.300 e. The third-order valence-electron chi connectivity index (χ3n) is 4.66. The minimum atomic E-state index is -0.356. The Morgan fingerprint density at radius 3 is 2.63 bits per heavy atom. The van der Waals surface area contributed by atoms with Gasteiger partial charge in [0.05, 0.1) is 6.07 Å². The van der Waals surface area contributed by atoms with Gasteiger partial charge in [0, 0.05) is 12.6 Å². The van der Waals surface area contributed by atoms with Crippen LogP contribution >= 0.6 is 0 Å². The molecule has 1 N–H and O–H groups in total. The summed E-state index contributed by atoms with van der Waals surface area (Å²) in [6, 6.07) is 3.10. The maximum absolute atomic E-state index is 9.26. The maximum atomic E-state index is 9.26. The highest BCUT2D eigenvalue weighted by Crippen LogP contribution is 2.27. The molecule has 4 unspecified atom stereocenters. The zero-order valence-electron chi connectivity index (χ0n) is 13.4. The molecule has 0 spiro atoms. The molecule has 1 rings (SSSR count). The number of hydrogen-bond acceptors (Lipinski definition) is 3. The van der Waals surface area contributed by atoms with Gasteiger partial charge in [0.1, 0.15) is 5.54 Å². The van der Waals surface area contributed by atoms with Crippen LogP contribution in [-0.2, 0) is 0 Å². The van der Waals surface area contributed by atoms with E-state index >= 15 is 0 Å². The lowest BCUT2D eigenvalue weighted by atomic mass is 9.85. The zero-order chi connectivity index (χ0) is 14.5. The quantitative estimate of drug-likeness (QED) is 0.802. The standard InChI is InChI=1S/C16H31N3/c1-6-18-16(5,12-17)8-7-9-19-11-13(2)10-14(3)15(19)4/h13-15,18H,6-11H2,1-5H3. The monoisotopic (exact) mass is 265 g/mol. The predicted molar refractivity (Wildman–Crippen MR) is 80.9 cm³/mol. The van der Waals surface area contributed by atoms with Gasteiger partial charge in [-0.05, 0) is 58.0 Å². The molecule has 0 aromatic carbocycles. The fourth-order valence-electron chi connectivity index (χ4n) is 3.34. The molecule has 1 aliphatic heterocycles. The molecule has 1 heterocycles. The normalized spacial score (nSPS) is 31.7. The molecule has 1 fully saturated rings. The number of nitriles is 1. The summed E-state index contributed by atoms with van der Waals surface area (Å²) in [5.74, 6) is 1.60. The molecule has 19 heavy (non-hydrogen) atoms. The van der Waals surface area contributed by atoms with Crippen molar-refractivity contribution in [1.82, 2.24) is 10.2 Å². The summed E-state index contributed by atoms with van der Waals surface area (Å²) in [7, 11) is 0. The van der Waals surface area contributed by atoms with Crippen LogP contribution in [0.1, 0.15) is 53.9 Å². The molecule has 110 valence electrons. The lowest BCUT2D eigenvalue weighted by Crippen LogP contribution is -2.47. The molecule has 0 aromatic heterocycles. The highest BCUT2D eigenvalue weighted by Gasteiger charge is 2.29. The summed E-state index contributed by atoms with van der Waals surface area (Å²) in [6.07, 6.45) is 3.38. The van der Waals surface area contributed by atoms with Crippen LogP contribution < -0.4 is 5.32 Å². The summed E-state index contributed by atoms with van der Waals surface area (Å²) in [5, 5.41) is 12.6. The van der Waals surface area contributed by atoms with E-state index in [1.807, 2.05) is 6.92 Å². The molecule has 0 bridgehead atoms. The molecule has 3 heteroatoms. The fraction of sp³-hybridized carbons (Fsp3) is 0.938. The van der Waals surface area contributed by atoms with E-state index in [4.69, 9.17) is 0 Å². The maximum Gasteiger partial charge on any atom is 0.103 e. The zero-order valence-corrected chi connectivity index (χ0v) is 13.4. The Hall–Kier alpha value is -0.590. The average molecular weight is 265 g/mol. The van der Waals surface area contributed by atoms with Crippen LogP contribution in [0, 0.1) is 23.2 Å². The smallest absolute Gasteiger partial charge is 0.103 e. The Kier molecular flexibility index (Phi) is 6.29. The summed E-state index contributed by atoms with van der Waals surface area (Å²) < 4.78 is 0. The first kappa shape index (κ1) is 16.5. The third kappa shape index (κ3) is 4.78. The lowest BCUT2D eigenvalue weighted by molar-refractivity contribution is 0.0768. The first-order valence-electron chi connectivity index (χ1n) is 7.82. The van der Waals surface area contributed by atoms with Gasteiger partial charge in [-0.1, -0.05) is 20.8 Å². The van der Waals surface area contributed by atoms with E-state index in [1.54, 1.807) is 0 Å². The van der Waals surface area contributed by atoms with Crippen LogP contribution in [0.25, 0.3) is 0 Å². The highest BCUT2D eigenvalue weighted by molar-refractivity contribution is 5.03. The van der Waals surface area contributed by atoms with Crippen LogP contribution in [-0.4, -0.2) is 36.1 Å². The van der Waals surface area contributed by atoms with Crippen molar-refractivity contribution in [3.05, 3.63) is 0 Å². The van der Waals surface area contributed by atoms with Crippen molar-refractivity contribution in [3.8, 4) is 6.07 Å². The molecule has 0 radical (unpaired) electrons. The molecule has 0 aliphatic carbocycles. The molecule has 0 aromatic rings. The molecule has 3 nitrogen and oxygen atoms in total. The van der Waals surface area contributed by atoms with Gasteiger partial charge < -0.3 is 4.90 Å². The van der Waals surface area contributed by atoms with Crippen molar-refractivity contribution in [2.24, 2.45) is 11.8 Å². The molecule has 1 aliphatic rings. The van der Waals surface area contributed by atoms with Gasteiger partial charge in [-0.25, -0.2) is 0 Å². The van der Waals surface area contributed by atoms with Crippen LogP contribution in [0.3, 0.4) is 0 Å². The number of hydrogen-bond donors (Lipinski definition) is 1. The van der Waals surface area contributed by atoms with E-state index in [1.165, 1.54) is 13.0 Å². The van der Waals surface area contributed by atoms with Crippen molar-refractivity contribution in [2.75, 3.05) is 19.6 Å². The highest BCUT2D eigenvalue weighted by atomic mass is 15.2. The van der Waals surface area contributed by atoms with Crippen molar-refractivity contribution < 1.29 is 0 Å². The van der Waals surface area contributed by atoms with E-state index < -0.39 is 0 Å². The molecule has 0 saturated carbocycles. The topological polar surface area (TPSA) is 39.1 Å². The lowest BCUT2D eigenvalue weighted by Gasteiger charge is -2.41. The summed E-state index contributed by atoms with van der Waals surface area (Å²) in [5.41, 5.74) is -0.356. The second-order valence-electron chi connectivity index (χ2n) is 6.63. The Morgan fingerprint density at radius 2 is 2.05 bits per heavy atom. The third-order valence-corrected chi connectivity index (χ3v) is 4.66. The van der Waals surface area contributed by atoms with Gasteiger partial charge in [0.25, 0.3) is 0 Å². The summed E-state index contributed by atoms with van der Waals surface area (Å²) in [6.45, 7) is 14.4. The number of nitrogens with one attached hydrogen (secondary N) is 1. The first-order chi connectivity index (χ1) is 8.91. The van der Waals surface area contributed by atoms with Crippen LogP contribution in [0.5, 0.6) is 0 Å². The van der Waals surface area contributed by atoms with Crippen LogP contribution in [0.15, 0.2) is 0 Å². The Morgan fingerprint density at radius 1 is 1.37 bits per heavy atom. The van der Waals surface area contributed by atoms with E-state index in [9.17, 15) is 5.26 Å². The minimum absolute atomic E-state index is 0.356. The molecular weight excluding hydrogens is 234 g/mol. The number of piperidine rings is 1. The van der Waals surface area contributed by atoms with Crippen molar-refractivity contribution in [1.29, 1.82) is 5.26 Å². The summed E-state index contributed by atoms with van der Waals surface area (Å²) >= 11 is 0. The second-order valence-corrected chi connectivity index (χ2v) is 6.63. The first-order valence-corrected chi connectivity index (χ1v) is 7.82. The Labute approximate surface area is 119 Å². The van der Waals surface area contributed by atoms with Gasteiger partial charge in [-0.15, -0.1) is 0 Å².